The summed E-state index contributed by atoms with van der Waals surface area (Å²) >= 11 is 0. The molecule has 1 aromatic carbocycles. The lowest BCUT2D eigenvalue weighted by atomic mass is 9.90. The molecule has 0 nitrogen and oxygen atoms in total. The van der Waals surface area contributed by atoms with Crippen LogP contribution in [0.4, 0.5) is 0 Å². The highest BCUT2D eigenvalue weighted by molar-refractivity contribution is 5.18. The maximum Gasteiger partial charge on any atom is -0.0190 e. The van der Waals surface area contributed by atoms with Gasteiger partial charge in [-0.15, -0.1) is 6.58 Å². The van der Waals surface area contributed by atoms with Crippen molar-refractivity contribution in [2.24, 2.45) is 5.92 Å². The third-order valence-corrected chi connectivity index (χ3v) is 4.18. The van der Waals surface area contributed by atoms with Crippen LogP contribution in [-0.2, 0) is 0 Å². The van der Waals surface area contributed by atoms with E-state index in [1.807, 2.05) is 0 Å². The predicted molar refractivity (Wildman–Crippen MR) is 100 cm³/mol. The van der Waals surface area contributed by atoms with Crippen molar-refractivity contribution >= 4 is 0 Å². The number of benzene rings is 1. The summed E-state index contributed by atoms with van der Waals surface area (Å²) in [4.78, 5) is 0. The standard InChI is InChI=1S/C22H32/c1-4-6-7-8-9-10-12-15-21(5-2)19-18-20(3)22-16-13-11-14-17-22/h5-7,10-14,16-17,20-21H,2,4,8-9,15,18-19H2,1,3H3/b7-6-,12-10+. The first-order valence-electron chi connectivity index (χ1n) is 8.75. The maximum atomic E-state index is 4.01. The Balaban J connectivity index is 2.26. The topological polar surface area (TPSA) is 0 Å². The lowest BCUT2D eigenvalue weighted by Gasteiger charge is -2.15. The second-order valence-corrected chi connectivity index (χ2v) is 6.05. The van der Waals surface area contributed by atoms with Crippen LogP contribution in [0, 0.1) is 5.92 Å². The Morgan fingerprint density at radius 2 is 1.64 bits per heavy atom. The van der Waals surface area contributed by atoms with Gasteiger partial charge in [-0.2, -0.15) is 0 Å². The number of allylic oxidation sites excluding steroid dienone is 5. The van der Waals surface area contributed by atoms with Crippen molar-refractivity contribution in [1.29, 1.82) is 0 Å². The van der Waals surface area contributed by atoms with E-state index >= 15 is 0 Å². The van der Waals surface area contributed by atoms with Gasteiger partial charge in [0, 0.05) is 0 Å². The van der Waals surface area contributed by atoms with Crippen LogP contribution in [0.5, 0.6) is 0 Å². The van der Waals surface area contributed by atoms with E-state index in [4.69, 9.17) is 0 Å². The summed E-state index contributed by atoms with van der Waals surface area (Å²) in [6, 6.07) is 10.8. The molecule has 22 heavy (non-hydrogen) atoms. The molecule has 0 heterocycles. The van der Waals surface area contributed by atoms with E-state index in [1.54, 1.807) is 0 Å². The lowest BCUT2D eigenvalue weighted by Crippen LogP contribution is -2.00. The van der Waals surface area contributed by atoms with Crippen LogP contribution in [0.2, 0.25) is 0 Å². The Bertz CT molecular complexity index is 438. The molecule has 120 valence electrons. The second-order valence-electron chi connectivity index (χ2n) is 6.05. The van der Waals surface area contributed by atoms with Crippen molar-refractivity contribution in [1.82, 2.24) is 0 Å². The largest absolute Gasteiger partial charge is 0.103 e. The minimum atomic E-state index is 0.605. The van der Waals surface area contributed by atoms with E-state index in [2.05, 4.69) is 81.1 Å². The highest BCUT2D eigenvalue weighted by Gasteiger charge is 2.08. The third-order valence-electron chi connectivity index (χ3n) is 4.18. The van der Waals surface area contributed by atoms with Crippen molar-refractivity contribution in [3.8, 4) is 0 Å². The first-order chi connectivity index (χ1) is 10.8. The second kappa shape index (κ2) is 12.0. The molecule has 2 atom stereocenters. The van der Waals surface area contributed by atoms with Crippen molar-refractivity contribution in [3.63, 3.8) is 0 Å². The molecule has 0 saturated heterocycles. The van der Waals surface area contributed by atoms with Crippen molar-refractivity contribution in [2.75, 3.05) is 0 Å². The molecule has 0 N–H and O–H groups in total. The fourth-order valence-electron chi connectivity index (χ4n) is 2.61. The van der Waals surface area contributed by atoms with Gasteiger partial charge in [-0.05, 0) is 55.9 Å². The van der Waals surface area contributed by atoms with Crippen molar-refractivity contribution in [3.05, 3.63) is 72.9 Å². The van der Waals surface area contributed by atoms with Gasteiger partial charge in [-0.3, -0.25) is 0 Å². The molecule has 0 saturated carbocycles. The van der Waals surface area contributed by atoms with Gasteiger partial charge in [0.05, 0.1) is 0 Å². The van der Waals surface area contributed by atoms with Crippen LogP contribution in [0.15, 0.2) is 67.3 Å². The molecule has 0 radical (unpaired) electrons. The van der Waals surface area contributed by atoms with Gasteiger partial charge >= 0.3 is 0 Å². The SMILES string of the molecule is C=CC(C/C=C/CC/C=C\CC)CCC(C)c1ccccc1. The molecule has 0 fully saturated rings. The summed E-state index contributed by atoms with van der Waals surface area (Å²) in [5.41, 5.74) is 1.45. The smallest absolute Gasteiger partial charge is 0.0190 e. The van der Waals surface area contributed by atoms with E-state index in [1.165, 1.54) is 18.4 Å². The number of hydrogen-bond acceptors (Lipinski definition) is 0. The minimum absolute atomic E-state index is 0.605. The number of hydrogen-bond donors (Lipinski definition) is 0. The average molecular weight is 296 g/mol. The highest BCUT2D eigenvalue weighted by Crippen LogP contribution is 2.24. The van der Waals surface area contributed by atoms with Gasteiger partial charge in [-0.25, -0.2) is 0 Å². The Kier molecular flexibility index (Phi) is 10.1. The average Bonchev–Trinajstić information content (AvgIpc) is 2.57. The van der Waals surface area contributed by atoms with Gasteiger partial charge in [0.1, 0.15) is 0 Å². The molecule has 0 aromatic heterocycles. The Labute approximate surface area is 137 Å². The van der Waals surface area contributed by atoms with Crippen LogP contribution in [0.25, 0.3) is 0 Å². The quantitative estimate of drug-likeness (QED) is 0.303. The van der Waals surface area contributed by atoms with E-state index in [9.17, 15) is 0 Å². The molecule has 0 spiro atoms. The van der Waals surface area contributed by atoms with Gasteiger partial charge in [-0.1, -0.05) is 74.6 Å². The zero-order valence-corrected chi connectivity index (χ0v) is 14.4. The normalized spacial score (nSPS) is 14.5. The summed E-state index contributed by atoms with van der Waals surface area (Å²) in [6.45, 7) is 8.51. The van der Waals surface area contributed by atoms with Crippen LogP contribution >= 0.6 is 0 Å². The van der Waals surface area contributed by atoms with Gasteiger partial charge < -0.3 is 0 Å². The van der Waals surface area contributed by atoms with Crippen molar-refractivity contribution < 1.29 is 0 Å². The first-order valence-corrected chi connectivity index (χ1v) is 8.75. The highest BCUT2D eigenvalue weighted by atomic mass is 14.1. The fourth-order valence-corrected chi connectivity index (χ4v) is 2.61. The van der Waals surface area contributed by atoms with E-state index in [0.29, 0.717) is 11.8 Å². The molecule has 2 unspecified atom stereocenters. The number of unbranched alkanes of at least 4 members (excludes halogenated alkanes) is 1. The first kappa shape index (κ1) is 18.5. The lowest BCUT2D eigenvalue weighted by molar-refractivity contribution is 0.527. The minimum Gasteiger partial charge on any atom is -0.103 e. The molecule has 0 amide bonds. The van der Waals surface area contributed by atoms with Crippen LogP contribution in [0.1, 0.15) is 63.9 Å². The fraction of sp³-hybridized carbons (Fsp3) is 0.455. The summed E-state index contributed by atoms with van der Waals surface area (Å²) in [6.07, 6.45) is 18.3. The third kappa shape index (κ3) is 8.02. The zero-order chi connectivity index (χ0) is 16.0. The Morgan fingerprint density at radius 1 is 0.955 bits per heavy atom. The molecule has 0 heteroatoms. The van der Waals surface area contributed by atoms with Crippen LogP contribution in [0.3, 0.4) is 0 Å². The summed E-state index contributed by atoms with van der Waals surface area (Å²) in [7, 11) is 0. The Morgan fingerprint density at radius 3 is 2.27 bits per heavy atom. The van der Waals surface area contributed by atoms with Gasteiger partial charge in [0.25, 0.3) is 0 Å². The molecule has 1 rings (SSSR count). The van der Waals surface area contributed by atoms with Crippen LogP contribution < -0.4 is 0 Å². The molecule has 0 aliphatic rings. The molecule has 1 aromatic rings. The van der Waals surface area contributed by atoms with Gasteiger partial charge in [0.15, 0.2) is 0 Å². The molecule has 0 bridgehead atoms. The molecule has 0 aliphatic heterocycles. The Hall–Kier alpha value is -1.56. The molecular formula is C22H32. The van der Waals surface area contributed by atoms with E-state index < -0.39 is 0 Å². The summed E-state index contributed by atoms with van der Waals surface area (Å²) < 4.78 is 0. The summed E-state index contributed by atoms with van der Waals surface area (Å²) in [5.74, 6) is 1.24. The van der Waals surface area contributed by atoms with Gasteiger partial charge in [0.2, 0.25) is 0 Å². The monoisotopic (exact) mass is 296 g/mol. The zero-order valence-electron chi connectivity index (χ0n) is 14.4. The van der Waals surface area contributed by atoms with E-state index in [-0.39, 0.29) is 0 Å². The summed E-state index contributed by atoms with van der Waals surface area (Å²) in [5, 5.41) is 0. The van der Waals surface area contributed by atoms with Crippen LogP contribution in [-0.4, -0.2) is 0 Å². The van der Waals surface area contributed by atoms with E-state index in [0.717, 1.165) is 25.7 Å². The maximum absolute atomic E-state index is 4.01. The van der Waals surface area contributed by atoms with Crippen molar-refractivity contribution in [2.45, 2.75) is 58.3 Å². The molecule has 0 aliphatic carbocycles. The molecular weight excluding hydrogens is 264 g/mol. The number of rotatable bonds is 11. The predicted octanol–water partition coefficient (Wildman–Crippen LogP) is 7.07.